The number of aryl methyl sites for hydroxylation is 1. The van der Waals surface area contributed by atoms with Crippen LogP contribution in [0.5, 0.6) is 0 Å². The number of rotatable bonds is 5. The van der Waals surface area contributed by atoms with Crippen molar-refractivity contribution in [2.75, 3.05) is 16.8 Å². The summed E-state index contributed by atoms with van der Waals surface area (Å²) in [5, 5.41) is 2.52. The summed E-state index contributed by atoms with van der Waals surface area (Å²) in [6.45, 7) is 4.33. The predicted molar refractivity (Wildman–Crippen MR) is 100 cm³/mol. The summed E-state index contributed by atoms with van der Waals surface area (Å²) in [6, 6.07) is 14.3. The van der Waals surface area contributed by atoms with Crippen molar-refractivity contribution in [2.24, 2.45) is 0 Å². The highest BCUT2D eigenvalue weighted by atomic mass is 19.2. The van der Waals surface area contributed by atoms with Crippen molar-refractivity contribution in [2.45, 2.75) is 13.8 Å². The van der Waals surface area contributed by atoms with Crippen LogP contribution in [-0.2, 0) is 0 Å². The molecule has 0 bridgehead atoms. The van der Waals surface area contributed by atoms with E-state index in [1.54, 1.807) is 6.92 Å². The molecule has 0 aliphatic rings. The second-order valence-corrected chi connectivity index (χ2v) is 5.86. The van der Waals surface area contributed by atoms with Gasteiger partial charge in [0.05, 0.1) is 0 Å². The molecular weight excluding hydrogens is 350 g/mol. The van der Waals surface area contributed by atoms with Crippen LogP contribution in [0.25, 0.3) is 0 Å². The van der Waals surface area contributed by atoms with Crippen LogP contribution >= 0.6 is 0 Å². The molecule has 0 radical (unpaired) electrons. The van der Waals surface area contributed by atoms with E-state index in [0.717, 1.165) is 17.8 Å². The number of amides is 1. The van der Waals surface area contributed by atoms with E-state index < -0.39 is 17.5 Å². The van der Waals surface area contributed by atoms with Crippen LogP contribution in [0.2, 0.25) is 0 Å². The van der Waals surface area contributed by atoms with Crippen molar-refractivity contribution in [1.29, 1.82) is 0 Å². The van der Waals surface area contributed by atoms with Crippen LogP contribution in [-0.4, -0.2) is 22.4 Å². The minimum Gasteiger partial charge on any atom is -0.321 e. The monoisotopic (exact) mass is 368 g/mol. The van der Waals surface area contributed by atoms with Crippen molar-refractivity contribution in [3.63, 3.8) is 0 Å². The zero-order valence-corrected chi connectivity index (χ0v) is 14.9. The van der Waals surface area contributed by atoms with E-state index in [1.165, 1.54) is 12.1 Å². The fraction of sp³-hybridized carbons (Fsp3) is 0.150. The van der Waals surface area contributed by atoms with E-state index in [1.807, 2.05) is 42.2 Å². The average molecular weight is 368 g/mol. The second-order valence-electron chi connectivity index (χ2n) is 5.86. The lowest BCUT2D eigenvalue weighted by molar-refractivity contribution is 0.102. The number of halogens is 2. The fourth-order valence-corrected chi connectivity index (χ4v) is 2.61. The Balaban J connectivity index is 1.90. The predicted octanol–water partition coefficient (Wildman–Crippen LogP) is 4.47. The molecule has 0 aliphatic carbocycles. The lowest BCUT2D eigenvalue weighted by Crippen LogP contribution is -2.22. The van der Waals surface area contributed by atoms with Gasteiger partial charge in [-0.3, -0.25) is 4.79 Å². The zero-order valence-electron chi connectivity index (χ0n) is 14.9. The molecule has 7 heteroatoms. The summed E-state index contributed by atoms with van der Waals surface area (Å²) in [5.74, 6) is -2.15. The third-order valence-electron chi connectivity index (χ3n) is 3.88. The molecule has 0 fully saturated rings. The summed E-state index contributed by atoms with van der Waals surface area (Å²) in [6.07, 6.45) is 0. The first-order chi connectivity index (χ1) is 13.0. The van der Waals surface area contributed by atoms with E-state index in [9.17, 15) is 13.6 Å². The zero-order chi connectivity index (χ0) is 19.4. The summed E-state index contributed by atoms with van der Waals surface area (Å²) in [7, 11) is 0. The van der Waals surface area contributed by atoms with Crippen molar-refractivity contribution < 1.29 is 13.6 Å². The Hall–Kier alpha value is -3.35. The van der Waals surface area contributed by atoms with Gasteiger partial charge in [-0.1, -0.05) is 18.2 Å². The van der Waals surface area contributed by atoms with Gasteiger partial charge in [0, 0.05) is 29.7 Å². The van der Waals surface area contributed by atoms with Crippen LogP contribution in [0.15, 0.2) is 54.6 Å². The van der Waals surface area contributed by atoms with Gasteiger partial charge < -0.3 is 10.2 Å². The fourth-order valence-electron chi connectivity index (χ4n) is 2.61. The number of hydrogen-bond donors (Lipinski definition) is 1. The van der Waals surface area contributed by atoms with E-state index >= 15 is 0 Å². The van der Waals surface area contributed by atoms with Gasteiger partial charge in [0.2, 0.25) is 5.95 Å². The van der Waals surface area contributed by atoms with Crippen molar-refractivity contribution in [3.8, 4) is 0 Å². The minimum atomic E-state index is -1.03. The standard InChI is InChI=1S/C20H18F2N4O/c1-3-26(15-7-5-4-6-8-15)20-23-13(2)11-18(25-20)19(27)24-14-9-10-16(21)17(22)12-14/h4-12H,3H2,1-2H3,(H,24,27). The number of anilines is 3. The number of hydrogen-bond acceptors (Lipinski definition) is 4. The molecule has 1 N–H and O–H groups in total. The number of aromatic nitrogens is 2. The number of carbonyl (C=O) groups is 1. The van der Waals surface area contributed by atoms with Crippen LogP contribution < -0.4 is 10.2 Å². The molecule has 0 atom stereocenters. The van der Waals surface area contributed by atoms with Gasteiger partial charge in [0.1, 0.15) is 5.69 Å². The summed E-state index contributed by atoms with van der Waals surface area (Å²) >= 11 is 0. The Morgan fingerprint density at radius 3 is 2.44 bits per heavy atom. The first-order valence-corrected chi connectivity index (χ1v) is 8.42. The van der Waals surface area contributed by atoms with Crippen LogP contribution in [0, 0.1) is 18.6 Å². The molecule has 1 amide bonds. The molecule has 0 saturated heterocycles. The first kappa shape index (κ1) is 18.4. The van der Waals surface area contributed by atoms with Crippen molar-refractivity contribution in [3.05, 3.63) is 77.6 Å². The lowest BCUT2D eigenvalue weighted by atomic mass is 10.2. The van der Waals surface area contributed by atoms with E-state index in [0.29, 0.717) is 18.2 Å². The normalized spacial score (nSPS) is 10.5. The topological polar surface area (TPSA) is 58.1 Å². The van der Waals surface area contributed by atoms with Crippen LogP contribution in [0.3, 0.4) is 0 Å². The highest BCUT2D eigenvalue weighted by Crippen LogP contribution is 2.22. The smallest absolute Gasteiger partial charge is 0.274 e. The SMILES string of the molecule is CCN(c1ccccc1)c1nc(C)cc(C(=O)Nc2ccc(F)c(F)c2)n1. The highest BCUT2D eigenvalue weighted by molar-refractivity contribution is 6.03. The minimum absolute atomic E-state index is 0.136. The Morgan fingerprint density at radius 2 is 1.78 bits per heavy atom. The Morgan fingerprint density at radius 1 is 1.04 bits per heavy atom. The van der Waals surface area contributed by atoms with Gasteiger partial charge in [-0.25, -0.2) is 18.7 Å². The van der Waals surface area contributed by atoms with Crippen molar-refractivity contribution in [1.82, 2.24) is 9.97 Å². The number of benzene rings is 2. The second kappa shape index (κ2) is 7.90. The van der Waals surface area contributed by atoms with Crippen molar-refractivity contribution >= 4 is 23.2 Å². The summed E-state index contributed by atoms with van der Waals surface area (Å²) in [5.41, 5.74) is 1.80. The van der Waals surface area contributed by atoms with Gasteiger partial charge in [0.25, 0.3) is 5.91 Å². The molecule has 2 aromatic carbocycles. The maximum atomic E-state index is 13.3. The molecule has 0 spiro atoms. The molecular formula is C20H18F2N4O. The lowest BCUT2D eigenvalue weighted by Gasteiger charge is -2.21. The van der Waals surface area contributed by atoms with Crippen LogP contribution in [0.4, 0.5) is 26.1 Å². The Kier molecular flexibility index (Phi) is 5.40. The average Bonchev–Trinajstić information content (AvgIpc) is 2.66. The first-order valence-electron chi connectivity index (χ1n) is 8.42. The van der Waals surface area contributed by atoms with E-state index in [2.05, 4.69) is 15.3 Å². The van der Waals surface area contributed by atoms with Crippen LogP contribution in [0.1, 0.15) is 23.1 Å². The largest absolute Gasteiger partial charge is 0.321 e. The Bertz CT molecular complexity index is 963. The quantitative estimate of drug-likeness (QED) is 0.722. The maximum Gasteiger partial charge on any atom is 0.274 e. The van der Waals surface area contributed by atoms with Gasteiger partial charge in [-0.2, -0.15) is 0 Å². The van der Waals surface area contributed by atoms with E-state index in [4.69, 9.17) is 0 Å². The number of nitrogens with zero attached hydrogens (tertiary/aromatic N) is 3. The highest BCUT2D eigenvalue weighted by Gasteiger charge is 2.16. The van der Waals surface area contributed by atoms with Gasteiger partial charge in [0.15, 0.2) is 11.6 Å². The maximum absolute atomic E-state index is 13.3. The third-order valence-corrected chi connectivity index (χ3v) is 3.88. The van der Waals surface area contributed by atoms with Gasteiger partial charge >= 0.3 is 0 Å². The molecule has 5 nitrogen and oxygen atoms in total. The number of nitrogens with one attached hydrogen (secondary N) is 1. The Labute approximate surface area is 155 Å². The molecule has 1 aromatic heterocycles. The summed E-state index contributed by atoms with van der Waals surface area (Å²) in [4.78, 5) is 23.2. The summed E-state index contributed by atoms with van der Waals surface area (Å²) < 4.78 is 26.4. The molecule has 138 valence electrons. The molecule has 0 unspecified atom stereocenters. The third kappa shape index (κ3) is 4.25. The van der Waals surface area contributed by atoms with Gasteiger partial charge in [-0.15, -0.1) is 0 Å². The van der Waals surface area contributed by atoms with E-state index in [-0.39, 0.29) is 11.4 Å². The molecule has 0 saturated carbocycles. The number of para-hydroxylation sites is 1. The molecule has 3 rings (SSSR count). The molecule has 27 heavy (non-hydrogen) atoms. The van der Waals surface area contributed by atoms with Gasteiger partial charge in [-0.05, 0) is 44.2 Å². The molecule has 0 aliphatic heterocycles. The number of carbonyl (C=O) groups excluding carboxylic acids is 1. The molecule has 1 heterocycles. The molecule has 3 aromatic rings.